The molecule has 0 saturated heterocycles. The molecule has 1 aliphatic carbocycles. The van der Waals surface area contributed by atoms with Gasteiger partial charge in [-0.3, -0.25) is 4.79 Å². The summed E-state index contributed by atoms with van der Waals surface area (Å²) in [5.74, 6) is 0.282. The Balaban J connectivity index is 1.78. The Labute approximate surface area is 175 Å². The maximum atomic E-state index is 12.5. The van der Waals surface area contributed by atoms with Crippen molar-refractivity contribution in [3.63, 3.8) is 0 Å². The van der Waals surface area contributed by atoms with E-state index in [4.69, 9.17) is 4.74 Å². The smallest absolute Gasteiger partial charge is 0.251 e. The van der Waals surface area contributed by atoms with E-state index >= 15 is 0 Å². The highest BCUT2D eigenvalue weighted by atomic mass is 32.2. The number of ether oxygens (including phenoxy) is 1. The molecule has 0 heterocycles. The number of amides is 1. The summed E-state index contributed by atoms with van der Waals surface area (Å²) in [6.45, 7) is 0.0902. The third-order valence-electron chi connectivity index (χ3n) is 5.46. The first-order valence-corrected chi connectivity index (χ1v) is 12.6. The highest BCUT2D eigenvalue weighted by Crippen LogP contribution is 2.17. The van der Waals surface area contributed by atoms with Gasteiger partial charge < -0.3 is 10.1 Å². The zero-order valence-corrected chi connectivity index (χ0v) is 18.4. The number of hydrogen-bond donors (Lipinski definition) is 2. The Kier molecular flexibility index (Phi) is 10.5. The average molecular weight is 425 g/mol. The van der Waals surface area contributed by atoms with Crippen molar-refractivity contribution in [2.24, 2.45) is 0 Å². The lowest BCUT2D eigenvalue weighted by Crippen LogP contribution is -2.39. The molecule has 1 aromatic carbocycles. The number of carbonyl (C=O) groups excluding carboxylic acids is 1. The number of nitrogens with one attached hydrogen (secondary N) is 2. The van der Waals surface area contributed by atoms with Crippen molar-refractivity contribution in [3.05, 3.63) is 29.8 Å². The first kappa shape index (κ1) is 23.7. The molecule has 0 bridgehead atoms. The molecule has 29 heavy (non-hydrogen) atoms. The van der Waals surface area contributed by atoms with Gasteiger partial charge >= 0.3 is 0 Å². The van der Waals surface area contributed by atoms with E-state index in [1.165, 1.54) is 44.9 Å². The van der Waals surface area contributed by atoms with Crippen molar-refractivity contribution in [1.82, 2.24) is 10.0 Å². The minimum Gasteiger partial charge on any atom is -0.497 e. The zero-order chi connectivity index (χ0) is 21.0. The number of sulfonamides is 1. The summed E-state index contributed by atoms with van der Waals surface area (Å²) in [7, 11) is -1.86. The maximum absolute atomic E-state index is 12.5. The molecule has 2 rings (SSSR count). The van der Waals surface area contributed by atoms with Gasteiger partial charge in [-0.2, -0.15) is 0 Å². The van der Waals surface area contributed by atoms with Crippen molar-refractivity contribution in [2.45, 2.75) is 76.7 Å². The van der Waals surface area contributed by atoms with E-state index in [-0.39, 0.29) is 24.2 Å². The van der Waals surface area contributed by atoms with Crippen LogP contribution in [0.5, 0.6) is 5.75 Å². The number of methoxy groups -OCH3 is 1. The first-order valence-electron chi connectivity index (χ1n) is 10.9. The summed E-state index contributed by atoms with van der Waals surface area (Å²) < 4.78 is 32.9. The molecule has 1 saturated carbocycles. The highest BCUT2D eigenvalue weighted by Gasteiger charge is 2.18. The number of rotatable bonds is 7. The fraction of sp³-hybridized carbons (Fsp3) is 0.682. The summed E-state index contributed by atoms with van der Waals surface area (Å²) in [5.41, 5.74) is 0.482. The Morgan fingerprint density at radius 2 is 1.45 bits per heavy atom. The van der Waals surface area contributed by atoms with Crippen molar-refractivity contribution < 1.29 is 17.9 Å². The van der Waals surface area contributed by atoms with Gasteiger partial charge in [0.25, 0.3) is 5.91 Å². The molecule has 0 radical (unpaired) electrons. The molecule has 0 aliphatic heterocycles. The minimum atomic E-state index is -3.42. The molecule has 2 N–H and O–H groups in total. The van der Waals surface area contributed by atoms with Gasteiger partial charge in [-0.05, 0) is 37.1 Å². The second-order valence-electron chi connectivity index (χ2n) is 7.88. The first-order chi connectivity index (χ1) is 14.0. The predicted molar refractivity (Wildman–Crippen MR) is 117 cm³/mol. The molecule has 6 nitrogen and oxygen atoms in total. The van der Waals surface area contributed by atoms with E-state index < -0.39 is 10.0 Å². The molecule has 0 aromatic heterocycles. The van der Waals surface area contributed by atoms with Crippen LogP contribution in [0.4, 0.5) is 0 Å². The van der Waals surface area contributed by atoms with Crippen LogP contribution in [0, 0.1) is 0 Å². The minimum absolute atomic E-state index is 0.0108. The van der Waals surface area contributed by atoms with Crippen LogP contribution in [0.25, 0.3) is 0 Å². The third-order valence-corrected chi connectivity index (χ3v) is 6.89. The quantitative estimate of drug-likeness (QED) is 0.692. The lowest BCUT2D eigenvalue weighted by atomic mass is 9.98. The van der Waals surface area contributed by atoms with Gasteiger partial charge in [-0.15, -0.1) is 0 Å². The fourth-order valence-corrected chi connectivity index (χ4v) is 4.97. The summed E-state index contributed by atoms with van der Waals surface area (Å²) in [6, 6.07) is 6.74. The standard InChI is InChI=1S/C22H36N2O4S/c1-28-21-15-13-19(14-16-21)22(25)23-17-18-29(26,27)24-20-11-9-7-5-3-2-4-6-8-10-12-20/h13-16,20,24H,2-12,17-18H2,1H3,(H,23,25). The summed E-state index contributed by atoms with van der Waals surface area (Å²) in [4.78, 5) is 12.2. The van der Waals surface area contributed by atoms with Gasteiger partial charge in [0.05, 0.1) is 12.9 Å². The normalized spacial score (nSPS) is 17.7. The summed E-state index contributed by atoms with van der Waals surface area (Å²) in [5, 5.41) is 2.69. The van der Waals surface area contributed by atoms with Crippen molar-refractivity contribution in [1.29, 1.82) is 0 Å². The van der Waals surface area contributed by atoms with Crippen LogP contribution < -0.4 is 14.8 Å². The van der Waals surface area contributed by atoms with E-state index in [2.05, 4.69) is 10.0 Å². The van der Waals surface area contributed by atoms with Gasteiger partial charge in [0.1, 0.15) is 5.75 Å². The SMILES string of the molecule is COc1ccc(C(=O)NCCS(=O)(=O)NC2CCCCCCCCCCC2)cc1. The predicted octanol–water partition coefficient (Wildman–Crippen LogP) is 4.02. The van der Waals surface area contributed by atoms with Crippen LogP contribution in [-0.4, -0.2) is 39.8 Å². The largest absolute Gasteiger partial charge is 0.497 e. The van der Waals surface area contributed by atoms with Crippen molar-refractivity contribution in [3.8, 4) is 5.75 Å². The topological polar surface area (TPSA) is 84.5 Å². The van der Waals surface area contributed by atoms with Crippen LogP contribution in [0.2, 0.25) is 0 Å². The van der Waals surface area contributed by atoms with Gasteiger partial charge in [0.15, 0.2) is 0 Å². The Morgan fingerprint density at radius 3 is 1.97 bits per heavy atom. The molecule has 1 fully saturated rings. The van der Waals surface area contributed by atoms with Gasteiger partial charge in [-0.1, -0.05) is 57.8 Å². The molecule has 0 spiro atoms. The molecule has 7 heteroatoms. The van der Waals surface area contributed by atoms with Crippen LogP contribution in [-0.2, 0) is 10.0 Å². The summed E-state index contributed by atoms with van der Waals surface area (Å²) in [6.07, 6.45) is 12.7. The monoisotopic (exact) mass is 424 g/mol. The fourth-order valence-electron chi connectivity index (χ4n) is 3.74. The maximum Gasteiger partial charge on any atom is 0.251 e. The highest BCUT2D eigenvalue weighted by molar-refractivity contribution is 7.89. The third kappa shape index (κ3) is 9.63. The molecular weight excluding hydrogens is 388 g/mol. The molecule has 1 aliphatic rings. The number of carbonyl (C=O) groups is 1. The Morgan fingerprint density at radius 1 is 0.931 bits per heavy atom. The lowest BCUT2D eigenvalue weighted by molar-refractivity contribution is 0.0956. The van der Waals surface area contributed by atoms with E-state index in [9.17, 15) is 13.2 Å². The molecular formula is C22H36N2O4S. The molecule has 164 valence electrons. The summed E-state index contributed by atoms with van der Waals surface area (Å²) >= 11 is 0. The lowest BCUT2D eigenvalue weighted by Gasteiger charge is -2.19. The second kappa shape index (κ2) is 12.9. The van der Waals surface area contributed by atoms with Gasteiger partial charge in [0.2, 0.25) is 10.0 Å². The van der Waals surface area contributed by atoms with Gasteiger partial charge in [-0.25, -0.2) is 13.1 Å². The number of benzene rings is 1. The van der Waals surface area contributed by atoms with Crippen LogP contribution >= 0.6 is 0 Å². The van der Waals surface area contributed by atoms with E-state index in [1.54, 1.807) is 31.4 Å². The Hall–Kier alpha value is -1.60. The number of hydrogen-bond acceptors (Lipinski definition) is 4. The zero-order valence-electron chi connectivity index (χ0n) is 17.6. The van der Waals surface area contributed by atoms with Gasteiger partial charge in [0, 0.05) is 18.2 Å². The van der Waals surface area contributed by atoms with E-state index in [0.717, 1.165) is 25.7 Å². The van der Waals surface area contributed by atoms with Crippen LogP contribution in [0.15, 0.2) is 24.3 Å². The average Bonchev–Trinajstić information content (AvgIpc) is 2.69. The second-order valence-corrected chi connectivity index (χ2v) is 9.75. The molecule has 1 aromatic rings. The van der Waals surface area contributed by atoms with Crippen LogP contribution in [0.1, 0.15) is 81.0 Å². The Bertz CT molecular complexity index is 692. The van der Waals surface area contributed by atoms with Crippen molar-refractivity contribution in [2.75, 3.05) is 19.4 Å². The van der Waals surface area contributed by atoms with Crippen molar-refractivity contribution >= 4 is 15.9 Å². The molecule has 1 amide bonds. The van der Waals surface area contributed by atoms with E-state index in [1.807, 2.05) is 0 Å². The van der Waals surface area contributed by atoms with Crippen LogP contribution in [0.3, 0.4) is 0 Å². The van der Waals surface area contributed by atoms with E-state index in [0.29, 0.717) is 11.3 Å². The molecule has 0 unspecified atom stereocenters. The molecule has 0 atom stereocenters.